The molecule has 0 N–H and O–H groups in total. The van der Waals surface area contributed by atoms with Gasteiger partial charge in [-0.25, -0.2) is 4.98 Å². The molecule has 0 amide bonds. The highest BCUT2D eigenvalue weighted by Gasteiger charge is 2.14. The Morgan fingerprint density at radius 3 is 2.83 bits per heavy atom. The monoisotopic (exact) mass is 257 g/mol. The quantitative estimate of drug-likeness (QED) is 0.718. The van der Waals surface area contributed by atoms with E-state index in [2.05, 4.69) is 53.2 Å². The summed E-state index contributed by atoms with van der Waals surface area (Å²) in [6.07, 6.45) is 2.08. The maximum absolute atomic E-state index is 4.75. The first-order chi connectivity index (χ1) is 8.75. The van der Waals surface area contributed by atoms with Gasteiger partial charge in [0.1, 0.15) is 11.3 Å². The van der Waals surface area contributed by atoms with Crippen molar-refractivity contribution >= 4 is 17.0 Å². The lowest BCUT2D eigenvalue weighted by atomic mass is 10.2. The van der Waals surface area contributed by atoms with E-state index in [9.17, 15) is 0 Å². The number of hydrogen-bond acceptors (Lipinski definition) is 3. The summed E-state index contributed by atoms with van der Waals surface area (Å²) in [5, 5.41) is 2.10. The minimum Gasteiger partial charge on any atom is -0.304 e. The van der Waals surface area contributed by atoms with Crippen molar-refractivity contribution in [3.63, 3.8) is 0 Å². The summed E-state index contributed by atoms with van der Waals surface area (Å²) in [4.78, 5) is 8.16. The minimum atomic E-state index is 0.887. The second-order valence-electron chi connectivity index (χ2n) is 4.55. The van der Waals surface area contributed by atoms with Crippen LogP contribution >= 0.6 is 11.3 Å². The SMILES string of the molecule is CN(C)Cc1c(-c2cccs2)nc2ccccn12. The molecule has 92 valence electrons. The average molecular weight is 257 g/mol. The molecule has 0 atom stereocenters. The molecule has 3 rings (SSSR count). The van der Waals surface area contributed by atoms with Gasteiger partial charge in [-0.05, 0) is 37.7 Å². The number of rotatable bonds is 3. The second-order valence-corrected chi connectivity index (χ2v) is 5.50. The lowest BCUT2D eigenvalue weighted by molar-refractivity contribution is 0.396. The van der Waals surface area contributed by atoms with E-state index >= 15 is 0 Å². The van der Waals surface area contributed by atoms with Crippen LogP contribution in [-0.4, -0.2) is 28.4 Å². The molecule has 3 aromatic heterocycles. The molecular weight excluding hydrogens is 242 g/mol. The Balaban J connectivity index is 2.23. The van der Waals surface area contributed by atoms with Gasteiger partial charge in [-0.3, -0.25) is 0 Å². The van der Waals surface area contributed by atoms with Crippen molar-refractivity contribution in [1.82, 2.24) is 14.3 Å². The second kappa shape index (κ2) is 4.55. The van der Waals surface area contributed by atoms with Gasteiger partial charge in [0, 0.05) is 12.7 Å². The van der Waals surface area contributed by atoms with Crippen molar-refractivity contribution in [2.24, 2.45) is 0 Å². The molecule has 0 aliphatic rings. The van der Waals surface area contributed by atoms with Gasteiger partial charge in [0.25, 0.3) is 0 Å². The van der Waals surface area contributed by atoms with Crippen molar-refractivity contribution in [2.45, 2.75) is 6.54 Å². The maximum atomic E-state index is 4.75. The van der Waals surface area contributed by atoms with Gasteiger partial charge in [0.05, 0.1) is 10.6 Å². The predicted octanol–water partition coefficient (Wildman–Crippen LogP) is 3.12. The molecule has 0 fully saturated rings. The number of imidazole rings is 1. The maximum Gasteiger partial charge on any atom is 0.137 e. The van der Waals surface area contributed by atoms with Crippen LogP contribution in [0.15, 0.2) is 41.9 Å². The Hall–Kier alpha value is -1.65. The summed E-state index contributed by atoms with van der Waals surface area (Å²) >= 11 is 1.74. The number of aromatic nitrogens is 2. The number of thiophene rings is 1. The van der Waals surface area contributed by atoms with Crippen LogP contribution in [0.4, 0.5) is 0 Å². The molecule has 0 saturated carbocycles. The van der Waals surface area contributed by atoms with Crippen molar-refractivity contribution < 1.29 is 0 Å². The molecule has 0 aromatic carbocycles. The fourth-order valence-electron chi connectivity index (χ4n) is 2.11. The van der Waals surface area contributed by atoms with E-state index in [1.807, 2.05) is 12.1 Å². The standard InChI is InChI=1S/C14H15N3S/c1-16(2)10-11-14(12-6-5-9-18-12)15-13-7-3-4-8-17(11)13/h3-9H,10H2,1-2H3. The van der Waals surface area contributed by atoms with Gasteiger partial charge >= 0.3 is 0 Å². The highest BCUT2D eigenvalue weighted by molar-refractivity contribution is 7.13. The fraction of sp³-hybridized carbons (Fsp3) is 0.214. The van der Waals surface area contributed by atoms with Gasteiger partial charge in [0.2, 0.25) is 0 Å². The van der Waals surface area contributed by atoms with E-state index in [1.54, 1.807) is 11.3 Å². The molecule has 0 unspecified atom stereocenters. The number of hydrogen-bond donors (Lipinski definition) is 0. The third-order valence-electron chi connectivity index (χ3n) is 2.85. The van der Waals surface area contributed by atoms with E-state index in [0.29, 0.717) is 0 Å². The highest BCUT2D eigenvalue weighted by atomic mass is 32.1. The normalized spacial score (nSPS) is 11.5. The Kier molecular flexibility index (Phi) is 2.89. The van der Waals surface area contributed by atoms with E-state index in [4.69, 9.17) is 4.98 Å². The van der Waals surface area contributed by atoms with Crippen molar-refractivity contribution in [3.8, 4) is 10.6 Å². The van der Waals surface area contributed by atoms with Crippen LogP contribution in [0.2, 0.25) is 0 Å². The van der Waals surface area contributed by atoms with E-state index in [-0.39, 0.29) is 0 Å². The Labute approximate surface area is 110 Å². The molecular formula is C14H15N3S. The zero-order valence-electron chi connectivity index (χ0n) is 10.5. The molecule has 18 heavy (non-hydrogen) atoms. The summed E-state index contributed by atoms with van der Waals surface area (Å²) in [5.74, 6) is 0. The molecule has 3 nitrogen and oxygen atoms in total. The zero-order valence-corrected chi connectivity index (χ0v) is 11.3. The zero-order chi connectivity index (χ0) is 12.5. The van der Waals surface area contributed by atoms with Gasteiger partial charge in [-0.15, -0.1) is 11.3 Å². The first-order valence-electron chi connectivity index (χ1n) is 5.90. The first kappa shape index (κ1) is 11.4. The topological polar surface area (TPSA) is 20.5 Å². The molecule has 0 saturated heterocycles. The van der Waals surface area contributed by atoms with Crippen molar-refractivity contribution in [1.29, 1.82) is 0 Å². The summed E-state index contributed by atoms with van der Waals surface area (Å²) in [6, 6.07) is 10.3. The number of nitrogens with zero attached hydrogens (tertiary/aromatic N) is 3. The van der Waals surface area contributed by atoms with Crippen LogP contribution in [0.1, 0.15) is 5.69 Å². The van der Waals surface area contributed by atoms with Crippen LogP contribution in [-0.2, 0) is 6.54 Å². The molecule has 3 heterocycles. The third kappa shape index (κ3) is 1.94. The first-order valence-corrected chi connectivity index (χ1v) is 6.78. The molecule has 0 aliphatic carbocycles. The fourth-order valence-corrected chi connectivity index (χ4v) is 2.84. The third-order valence-corrected chi connectivity index (χ3v) is 3.73. The van der Waals surface area contributed by atoms with Crippen molar-refractivity contribution in [3.05, 3.63) is 47.6 Å². The summed E-state index contributed by atoms with van der Waals surface area (Å²) in [6.45, 7) is 0.887. The average Bonchev–Trinajstić information content (AvgIpc) is 2.96. The molecule has 3 aromatic rings. The van der Waals surface area contributed by atoms with Crippen molar-refractivity contribution in [2.75, 3.05) is 14.1 Å². The highest BCUT2D eigenvalue weighted by Crippen LogP contribution is 2.28. The Bertz CT molecular complexity index is 653. The van der Waals surface area contributed by atoms with E-state index in [0.717, 1.165) is 17.9 Å². The van der Waals surface area contributed by atoms with E-state index in [1.165, 1.54) is 10.6 Å². The van der Waals surface area contributed by atoms with Crippen LogP contribution < -0.4 is 0 Å². The molecule has 0 radical (unpaired) electrons. The number of pyridine rings is 1. The smallest absolute Gasteiger partial charge is 0.137 e. The van der Waals surface area contributed by atoms with E-state index < -0.39 is 0 Å². The number of fused-ring (bicyclic) bond motifs is 1. The minimum absolute atomic E-state index is 0.887. The summed E-state index contributed by atoms with van der Waals surface area (Å²) in [5.41, 5.74) is 3.36. The van der Waals surface area contributed by atoms with Crippen LogP contribution in [0.25, 0.3) is 16.2 Å². The Morgan fingerprint density at radius 1 is 1.22 bits per heavy atom. The van der Waals surface area contributed by atoms with Crippen LogP contribution in [0.3, 0.4) is 0 Å². The lowest BCUT2D eigenvalue weighted by Gasteiger charge is -2.10. The Morgan fingerprint density at radius 2 is 2.11 bits per heavy atom. The molecule has 0 spiro atoms. The van der Waals surface area contributed by atoms with Gasteiger partial charge in [-0.2, -0.15) is 0 Å². The molecule has 0 bridgehead atoms. The largest absolute Gasteiger partial charge is 0.304 e. The predicted molar refractivity (Wildman–Crippen MR) is 75.9 cm³/mol. The van der Waals surface area contributed by atoms with Crippen LogP contribution in [0.5, 0.6) is 0 Å². The van der Waals surface area contributed by atoms with Crippen LogP contribution in [0, 0.1) is 0 Å². The summed E-state index contributed by atoms with van der Waals surface area (Å²) < 4.78 is 2.18. The van der Waals surface area contributed by atoms with Gasteiger partial charge in [0.15, 0.2) is 0 Å². The molecule has 0 aliphatic heterocycles. The lowest BCUT2D eigenvalue weighted by Crippen LogP contribution is -2.13. The molecule has 4 heteroatoms. The van der Waals surface area contributed by atoms with Gasteiger partial charge in [-0.1, -0.05) is 12.1 Å². The van der Waals surface area contributed by atoms with Gasteiger partial charge < -0.3 is 9.30 Å². The summed E-state index contributed by atoms with van der Waals surface area (Å²) in [7, 11) is 4.17.